The van der Waals surface area contributed by atoms with Crippen LogP contribution in [0.1, 0.15) is 25.0 Å². The zero-order valence-corrected chi connectivity index (χ0v) is 28.8. The van der Waals surface area contributed by atoms with Crippen molar-refractivity contribution in [3.05, 3.63) is 193 Å². The van der Waals surface area contributed by atoms with Crippen molar-refractivity contribution >= 4 is 32.3 Å². The second kappa shape index (κ2) is 11.4. The number of fused-ring (bicyclic) bond motifs is 7. The van der Waals surface area contributed by atoms with Gasteiger partial charge in [-0.1, -0.05) is 184 Å². The maximum absolute atomic E-state index is 2.42. The third-order valence-corrected chi connectivity index (χ3v) is 11.2. The predicted octanol–water partition coefficient (Wildman–Crippen LogP) is 14.1. The molecule has 0 nitrogen and oxygen atoms in total. The van der Waals surface area contributed by atoms with E-state index in [1.54, 1.807) is 0 Å². The van der Waals surface area contributed by atoms with Gasteiger partial charge in [0.2, 0.25) is 0 Å². The highest BCUT2D eigenvalue weighted by atomic mass is 14.4. The number of hydrogen-bond donors (Lipinski definition) is 0. The average Bonchev–Trinajstić information content (AvgIpc) is 3.43. The van der Waals surface area contributed by atoms with Gasteiger partial charge in [0, 0.05) is 5.41 Å². The fraction of sp³-hybridized carbons (Fsp3) is 0.0588. The van der Waals surface area contributed by atoms with Crippen molar-refractivity contribution < 1.29 is 0 Å². The van der Waals surface area contributed by atoms with Gasteiger partial charge in [-0.25, -0.2) is 0 Å². The van der Waals surface area contributed by atoms with E-state index in [0.717, 1.165) is 0 Å². The molecule has 0 saturated heterocycles. The summed E-state index contributed by atoms with van der Waals surface area (Å²) in [6.07, 6.45) is 0. The van der Waals surface area contributed by atoms with E-state index in [1.165, 1.54) is 99.1 Å². The van der Waals surface area contributed by atoms with Crippen molar-refractivity contribution in [3.8, 4) is 55.6 Å². The van der Waals surface area contributed by atoms with Gasteiger partial charge in [0.05, 0.1) is 0 Å². The quantitative estimate of drug-likeness (QED) is 0.167. The van der Waals surface area contributed by atoms with Crippen molar-refractivity contribution in [2.45, 2.75) is 19.3 Å². The maximum Gasteiger partial charge on any atom is 0.0165 e. The summed E-state index contributed by atoms with van der Waals surface area (Å²) in [6, 6.07) is 67.3. The molecule has 51 heavy (non-hydrogen) atoms. The zero-order valence-electron chi connectivity index (χ0n) is 28.8. The molecule has 9 aromatic rings. The highest BCUT2D eigenvalue weighted by Crippen LogP contribution is 2.54. The standard InChI is InChI=1S/C51H36/c1-51(2)46-28-14-27-39(49(46)45-30-29-34-17-6-7-22-40(34)50(45)51)36-19-13-21-38(32-36)48-43-25-10-8-23-41(43)47(42-24-9-11-26-44(42)48)37-20-12-18-35(31-37)33-15-4-3-5-16-33/h3-32H,1-2H3. The van der Waals surface area contributed by atoms with E-state index < -0.39 is 0 Å². The van der Waals surface area contributed by atoms with E-state index in [-0.39, 0.29) is 5.41 Å². The molecule has 0 bridgehead atoms. The van der Waals surface area contributed by atoms with Gasteiger partial charge in [-0.05, 0) is 111 Å². The molecule has 0 spiro atoms. The van der Waals surface area contributed by atoms with Gasteiger partial charge in [-0.15, -0.1) is 0 Å². The van der Waals surface area contributed by atoms with Gasteiger partial charge in [-0.3, -0.25) is 0 Å². The lowest BCUT2D eigenvalue weighted by atomic mass is 9.80. The first kappa shape index (κ1) is 29.7. The van der Waals surface area contributed by atoms with Crippen molar-refractivity contribution in [2.75, 3.05) is 0 Å². The lowest BCUT2D eigenvalue weighted by Crippen LogP contribution is -2.15. The van der Waals surface area contributed by atoms with Gasteiger partial charge in [-0.2, -0.15) is 0 Å². The smallest absolute Gasteiger partial charge is 0.0165 e. The Bertz CT molecular complexity index is 2760. The summed E-state index contributed by atoms with van der Waals surface area (Å²) in [4.78, 5) is 0. The Morgan fingerprint density at radius 3 is 1.45 bits per heavy atom. The van der Waals surface area contributed by atoms with Crippen LogP contribution >= 0.6 is 0 Å². The number of hydrogen-bond acceptors (Lipinski definition) is 0. The summed E-state index contributed by atoms with van der Waals surface area (Å²) in [5, 5.41) is 7.72. The minimum Gasteiger partial charge on any atom is -0.0622 e. The first-order valence-corrected chi connectivity index (χ1v) is 17.9. The second-order valence-corrected chi connectivity index (χ2v) is 14.4. The predicted molar refractivity (Wildman–Crippen MR) is 218 cm³/mol. The minimum absolute atomic E-state index is 0.0980. The molecule has 0 heteroatoms. The molecule has 0 saturated carbocycles. The molecule has 1 aliphatic rings. The molecule has 9 aromatic carbocycles. The Balaban J connectivity index is 1.19. The zero-order chi connectivity index (χ0) is 34.1. The van der Waals surface area contributed by atoms with E-state index in [2.05, 4.69) is 196 Å². The summed E-state index contributed by atoms with van der Waals surface area (Å²) >= 11 is 0. The summed E-state index contributed by atoms with van der Waals surface area (Å²) in [7, 11) is 0. The van der Waals surface area contributed by atoms with Crippen LogP contribution in [0.3, 0.4) is 0 Å². The number of benzene rings is 9. The summed E-state index contributed by atoms with van der Waals surface area (Å²) in [6.45, 7) is 4.78. The molecule has 0 unspecified atom stereocenters. The van der Waals surface area contributed by atoms with E-state index in [9.17, 15) is 0 Å². The molecule has 1 aliphatic carbocycles. The van der Waals surface area contributed by atoms with Crippen LogP contribution in [0.25, 0.3) is 88.0 Å². The topological polar surface area (TPSA) is 0 Å². The van der Waals surface area contributed by atoms with Crippen LogP contribution in [0.2, 0.25) is 0 Å². The van der Waals surface area contributed by atoms with E-state index >= 15 is 0 Å². The van der Waals surface area contributed by atoms with Crippen LogP contribution in [-0.2, 0) is 5.41 Å². The van der Waals surface area contributed by atoms with Crippen LogP contribution in [0.5, 0.6) is 0 Å². The Labute approximate surface area is 299 Å². The third kappa shape index (κ3) is 4.53. The normalized spacial score (nSPS) is 13.1. The van der Waals surface area contributed by atoms with Crippen LogP contribution < -0.4 is 0 Å². The lowest BCUT2D eigenvalue weighted by Gasteiger charge is -2.23. The summed E-state index contributed by atoms with van der Waals surface area (Å²) in [5.41, 5.74) is 15.5. The molecule has 0 N–H and O–H groups in total. The lowest BCUT2D eigenvalue weighted by molar-refractivity contribution is 0.666. The van der Waals surface area contributed by atoms with Crippen LogP contribution in [0.4, 0.5) is 0 Å². The van der Waals surface area contributed by atoms with Gasteiger partial charge >= 0.3 is 0 Å². The molecule has 0 radical (unpaired) electrons. The number of rotatable bonds is 4. The fourth-order valence-corrected chi connectivity index (χ4v) is 8.97. The van der Waals surface area contributed by atoms with E-state index in [1.807, 2.05) is 0 Å². The van der Waals surface area contributed by atoms with Crippen LogP contribution in [0, 0.1) is 0 Å². The summed E-state index contributed by atoms with van der Waals surface area (Å²) < 4.78 is 0. The van der Waals surface area contributed by atoms with Gasteiger partial charge < -0.3 is 0 Å². The SMILES string of the molecule is CC1(C)c2cccc(-c3cccc(-c4c5ccccc5c(-c5cccc(-c6ccccc6)c5)c5ccccc45)c3)c2-c2ccc3ccccc3c21. The molecule has 0 atom stereocenters. The Morgan fingerprint density at radius 1 is 0.314 bits per heavy atom. The van der Waals surface area contributed by atoms with Crippen molar-refractivity contribution in [1.82, 2.24) is 0 Å². The Hall–Kier alpha value is -6.24. The van der Waals surface area contributed by atoms with Gasteiger partial charge in [0.1, 0.15) is 0 Å². The molecule has 0 fully saturated rings. The molecular formula is C51H36. The molecule has 0 heterocycles. The largest absolute Gasteiger partial charge is 0.0622 e. The van der Waals surface area contributed by atoms with E-state index in [0.29, 0.717) is 0 Å². The summed E-state index contributed by atoms with van der Waals surface area (Å²) in [5.74, 6) is 0. The monoisotopic (exact) mass is 648 g/mol. The molecule has 0 aliphatic heterocycles. The van der Waals surface area contributed by atoms with Gasteiger partial charge in [0.25, 0.3) is 0 Å². The van der Waals surface area contributed by atoms with Crippen molar-refractivity contribution in [3.63, 3.8) is 0 Å². The highest BCUT2D eigenvalue weighted by molar-refractivity contribution is 6.21. The highest BCUT2D eigenvalue weighted by Gasteiger charge is 2.38. The Morgan fingerprint density at radius 2 is 0.804 bits per heavy atom. The first-order valence-electron chi connectivity index (χ1n) is 17.9. The van der Waals surface area contributed by atoms with Crippen molar-refractivity contribution in [2.24, 2.45) is 0 Å². The fourth-order valence-electron chi connectivity index (χ4n) is 8.97. The molecule has 240 valence electrons. The average molecular weight is 649 g/mol. The third-order valence-electron chi connectivity index (χ3n) is 11.2. The maximum atomic E-state index is 2.42. The Kier molecular flexibility index (Phi) is 6.63. The van der Waals surface area contributed by atoms with E-state index in [4.69, 9.17) is 0 Å². The molecule has 10 rings (SSSR count). The molecule has 0 aromatic heterocycles. The second-order valence-electron chi connectivity index (χ2n) is 14.4. The first-order chi connectivity index (χ1) is 25.1. The van der Waals surface area contributed by atoms with Gasteiger partial charge in [0.15, 0.2) is 0 Å². The van der Waals surface area contributed by atoms with Crippen LogP contribution in [0.15, 0.2) is 182 Å². The minimum atomic E-state index is -0.0980. The van der Waals surface area contributed by atoms with Crippen LogP contribution in [-0.4, -0.2) is 0 Å². The molecule has 0 amide bonds. The molecular weight excluding hydrogens is 613 g/mol. The van der Waals surface area contributed by atoms with Crippen molar-refractivity contribution in [1.29, 1.82) is 0 Å².